The lowest BCUT2D eigenvalue weighted by molar-refractivity contribution is -0.117. The zero-order chi connectivity index (χ0) is 25.5. The van der Waals surface area contributed by atoms with Crippen molar-refractivity contribution in [2.75, 3.05) is 4.90 Å². The molecule has 1 unspecified atom stereocenters. The van der Waals surface area contributed by atoms with Crippen molar-refractivity contribution in [2.24, 2.45) is 0 Å². The number of carbonyl (C=O) groups excluding carboxylic acids is 2. The Bertz CT molecular complexity index is 1290. The number of aryl methyl sites for hydroxylation is 2. The predicted octanol–water partition coefficient (Wildman–Crippen LogP) is 5.55. The Labute approximate surface area is 216 Å². The second-order valence-corrected chi connectivity index (χ2v) is 9.83. The molecular formula is C30H29N3O2S. The highest BCUT2D eigenvalue weighted by molar-refractivity contribution is 8.05. The van der Waals surface area contributed by atoms with Gasteiger partial charge in [-0.25, -0.2) is 0 Å². The Morgan fingerprint density at radius 1 is 0.889 bits per heavy atom. The van der Waals surface area contributed by atoms with Gasteiger partial charge in [-0.15, -0.1) is 0 Å². The molecule has 0 bridgehead atoms. The van der Waals surface area contributed by atoms with Crippen LogP contribution < -0.4 is 10.2 Å². The number of hydrogen-bond donors (Lipinski definition) is 1. The molecule has 1 fully saturated rings. The summed E-state index contributed by atoms with van der Waals surface area (Å²) in [6.07, 6.45) is 2.35. The van der Waals surface area contributed by atoms with Gasteiger partial charge in [0.1, 0.15) is 16.7 Å². The van der Waals surface area contributed by atoms with E-state index in [9.17, 15) is 14.9 Å². The van der Waals surface area contributed by atoms with Crippen molar-refractivity contribution in [1.29, 1.82) is 5.26 Å². The van der Waals surface area contributed by atoms with E-state index in [2.05, 4.69) is 37.4 Å². The van der Waals surface area contributed by atoms with Crippen molar-refractivity contribution >= 4 is 29.3 Å². The van der Waals surface area contributed by atoms with Crippen molar-refractivity contribution in [1.82, 2.24) is 5.32 Å². The molecule has 4 rings (SSSR count). The van der Waals surface area contributed by atoms with E-state index in [1.165, 1.54) is 22.2 Å². The van der Waals surface area contributed by atoms with Gasteiger partial charge in [-0.05, 0) is 53.6 Å². The van der Waals surface area contributed by atoms with Gasteiger partial charge in [0.05, 0.1) is 5.25 Å². The molecule has 1 atom stereocenters. The molecule has 5 nitrogen and oxygen atoms in total. The van der Waals surface area contributed by atoms with Crippen molar-refractivity contribution in [3.05, 3.63) is 112 Å². The highest BCUT2D eigenvalue weighted by atomic mass is 32.2. The number of nitriles is 1. The minimum absolute atomic E-state index is 0.0484. The summed E-state index contributed by atoms with van der Waals surface area (Å²) in [4.78, 5) is 28.3. The van der Waals surface area contributed by atoms with Crippen LogP contribution in [-0.2, 0) is 35.4 Å². The van der Waals surface area contributed by atoms with Crippen LogP contribution in [0.3, 0.4) is 0 Å². The molecule has 1 aliphatic rings. The Hall–Kier alpha value is -3.82. The minimum Gasteiger partial charge on any atom is -0.347 e. The summed E-state index contributed by atoms with van der Waals surface area (Å²) in [5.74, 6) is -0.609. The zero-order valence-corrected chi connectivity index (χ0v) is 21.3. The SMILES string of the molecule is CCc1ccc(CC2S/C(=C(/C#N)C(=O)NCc3ccccc3)N(c3ccc(CC)cc3)C2=O)cc1. The van der Waals surface area contributed by atoms with E-state index < -0.39 is 11.2 Å². The van der Waals surface area contributed by atoms with Crippen LogP contribution in [0.1, 0.15) is 36.1 Å². The highest BCUT2D eigenvalue weighted by Gasteiger charge is 2.40. The summed E-state index contributed by atoms with van der Waals surface area (Å²) in [7, 11) is 0. The van der Waals surface area contributed by atoms with Gasteiger partial charge >= 0.3 is 0 Å². The first-order valence-corrected chi connectivity index (χ1v) is 13.1. The van der Waals surface area contributed by atoms with Crippen LogP contribution >= 0.6 is 11.8 Å². The maximum Gasteiger partial charge on any atom is 0.264 e. The number of anilines is 1. The highest BCUT2D eigenvalue weighted by Crippen LogP contribution is 2.42. The number of hydrogen-bond acceptors (Lipinski definition) is 4. The molecule has 0 aliphatic carbocycles. The van der Waals surface area contributed by atoms with Crippen LogP contribution in [0.25, 0.3) is 0 Å². The summed E-state index contributed by atoms with van der Waals surface area (Å²) < 4.78 is 0. The van der Waals surface area contributed by atoms with E-state index in [1.54, 1.807) is 0 Å². The predicted molar refractivity (Wildman–Crippen MR) is 145 cm³/mol. The van der Waals surface area contributed by atoms with Crippen molar-refractivity contribution < 1.29 is 9.59 Å². The molecule has 1 heterocycles. The fourth-order valence-corrected chi connectivity index (χ4v) is 5.40. The first-order chi connectivity index (χ1) is 17.5. The number of benzene rings is 3. The third-order valence-electron chi connectivity index (χ3n) is 6.26. The molecule has 1 saturated heterocycles. The molecular weight excluding hydrogens is 466 g/mol. The average molecular weight is 496 g/mol. The monoisotopic (exact) mass is 495 g/mol. The van der Waals surface area contributed by atoms with E-state index in [0.717, 1.165) is 29.5 Å². The topological polar surface area (TPSA) is 73.2 Å². The molecule has 182 valence electrons. The number of thioether (sulfide) groups is 1. The van der Waals surface area contributed by atoms with Gasteiger partial charge in [-0.3, -0.25) is 14.5 Å². The Morgan fingerprint density at radius 3 is 2.06 bits per heavy atom. The van der Waals surface area contributed by atoms with Gasteiger partial charge in [0.2, 0.25) is 5.91 Å². The lowest BCUT2D eigenvalue weighted by Gasteiger charge is -2.19. The van der Waals surface area contributed by atoms with Gasteiger partial charge in [-0.1, -0.05) is 92.3 Å². The Kier molecular flexibility index (Phi) is 8.24. The van der Waals surface area contributed by atoms with E-state index in [0.29, 0.717) is 23.7 Å². The quantitative estimate of drug-likeness (QED) is 0.328. The summed E-state index contributed by atoms with van der Waals surface area (Å²) >= 11 is 1.29. The molecule has 3 aromatic carbocycles. The normalized spacial score (nSPS) is 16.5. The standard InChI is InChI=1S/C30H29N3O2S/c1-3-21-10-12-23(13-11-21)18-27-29(35)33(25-16-14-22(4-2)15-17-25)30(36-27)26(19-31)28(34)32-20-24-8-6-5-7-9-24/h5-17,27H,3-4,18,20H2,1-2H3,(H,32,34)/b30-26-. The molecule has 0 saturated carbocycles. The molecule has 1 aliphatic heterocycles. The number of amides is 2. The van der Waals surface area contributed by atoms with Crippen LogP contribution in [0.4, 0.5) is 5.69 Å². The van der Waals surface area contributed by atoms with E-state index in [4.69, 9.17) is 0 Å². The van der Waals surface area contributed by atoms with Crippen LogP contribution in [-0.4, -0.2) is 17.1 Å². The third kappa shape index (κ3) is 5.69. The minimum atomic E-state index is -0.486. The molecule has 0 radical (unpaired) electrons. The number of carbonyl (C=O) groups is 2. The summed E-state index contributed by atoms with van der Waals surface area (Å²) in [5, 5.41) is 12.8. The first-order valence-electron chi connectivity index (χ1n) is 12.2. The average Bonchev–Trinajstić information content (AvgIpc) is 3.24. The molecule has 3 aromatic rings. The summed E-state index contributed by atoms with van der Waals surface area (Å²) in [5.41, 5.74) is 4.98. The summed E-state index contributed by atoms with van der Waals surface area (Å²) in [6, 6.07) is 27.6. The van der Waals surface area contributed by atoms with Crippen LogP contribution in [0.15, 0.2) is 89.5 Å². The van der Waals surface area contributed by atoms with E-state index in [1.807, 2.05) is 66.7 Å². The molecule has 2 amide bonds. The first kappa shape index (κ1) is 25.3. The van der Waals surface area contributed by atoms with Crippen molar-refractivity contribution in [2.45, 2.75) is 44.9 Å². The van der Waals surface area contributed by atoms with Gasteiger partial charge in [0.25, 0.3) is 5.91 Å². The molecule has 6 heteroatoms. The van der Waals surface area contributed by atoms with Crippen molar-refractivity contribution in [3.8, 4) is 6.07 Å². The maximum absolute atomic E-state index is 13.7. The van der Waals surface area contributed by atoms with Gasteiger partial charge in [-0.2, -0.15) is 5.26 Å². The molecule has 0 spiro atoms. The lowest BCUT2D eigenvalue weighted by atomic mass is 10.1. The summed E-state index contributed by atoms with van der Waals surface area (Å²) in [6.45, 7) is 4.48. The second kappa shape index (κ2) is 11.7. The molecule has 36 heavy (non-hydrogen) atoms. The van der Waals surface area contributed by atoms with E-state index >= 15 is 0 Å². The number of rotatable bonds is 8. The number of nitrogens with zero attached hydrogens (tertiary/aromatic N) is 2. The van der Waals surface area contributed by atoms with Crippen LogP contribution in [0.5, 0.6) is 0 Å². The van der Waals surface area contributed by atoms with Crippen molar-refractivity contribution in [3.63, 3.8) is 0 Å². The largest absolute Gasteiger partial charge is 0.347 e. The van der Waals surface area contributed by atoms with Crippen LogP contribution in [0, 0.1) is 11.3 Å². The van der Waals surface area contributed by atoms with E-state index in [-0.39, 0.29) is 11.5 Å². The van der Waals surface area contributed by atoms with Gasteiger partial charge in [0, 0.05) is 12.2 Å². The molecule has 1 N–H and O–H groups in total. The maximum atomic E-state index is 13.7. The van der Waals surface area contributed by atoms with Gasteiger partial charge < -0.3 is 5.32 Å². The smallest absolute Gasteiger partial charge is 0.264 e. The fourth-order valence-electron chi connectivity index (χ4n) is 4.09. The third-order valence-corrected chi connectivity index (χ3v) is 7.52. The molecule has 0 aromatic heterocycles. The Morgan fingerprint density at radius 2 is 1.47 bits per heavy atom. The van der Waals surface area contributed by atoms with Gasteiger partial charge in [0.15, 0.2) is 0 Å². The fraction of sp³-hybridized carbons (Fsp3) is 0.233. The Balaban J connectivity index is 1.66. The number of nitrogens with one attached hydrogen (secondary N) is 1. The lowest BCUT2D eigenvalue weighted by Crippen LogP contribution is -2.32. The van der Waals surface area contributed by atoms with Crippen LogP contribution in [0.2, 0.25) is 0 Å². The second-order valence-electron chi connectivity index (χ2n) is 8.63. The zero-order valence-electron chi connectivity index (χ0n) is 20.5.